The Kier molecular flexibility index (Phi) is 3.37. The molecular formula is C14H17N3O2. The van der Waals surface area contributed by atoms with Crippen molar-refractivity contribution in [3.05, 3.63) is 36.7 Å². The zero-order valence-corrected chi connectivity index (χ0v) is 10.6. The van der Waals surface area contributed by atoms with E-state index in [1.54, 1.807) is 29.2 Å². The fourth-order valence-corrected chi connectivity index (χ4v) is 2.26. The first-order valence-corrected chi connectivity index (χ1v) is 6.53. The smallest absolute Gasteiger partial charge is 0.158 e. The standard InChI is InChI=1S/C14H17N3O2/c18-14-4-2-1-3-13(14)17-10-12(9-16-17)19-11-5-7-15-8-6-11/h1-4,9-11,15,18H,5-8H2. The van der Waals surface area contributed by atoms with Crippen LogP contribution in [0.25, 0.3) is 5.69 Å². The quantitative estimate of drug-likeness (QED) is 0.881. The lowest BCUT2D eigenvalue weighted by Crippen LogP contribution is -2.34. The molecule has 2 heterocycles. The number of piperidine rings is 1. The Balaban J connectivity index is 1.74. The van der Waals surface area contributed by atoms with E-state index in [0.29, 0.717) is 5.69 Å². The molecule has 2 aromatic rings. The molecule has 5 heteroatoms. The molecule has 0 aliphatic carbocycles. The van der Waals surface area contributed by atoms with E-state index in [1.165, 1.54) is 0 Å². The van der Waals surface area contributed by atoms with E-state index < -0.39 is 0 Å². The van der Waals surface area contributed by atoms with Crippen LogP contribution in [0.1, 0.15) is 12.8 Å². The highest BCUT2D eigenvalue weighted by atomic mass is 16.5. The normalized spacial score (nSPS) is 16.4. The monoisotopic (exact) mass is 259 g/mol. The maximum Gasteiger partial charge on any atom is 0.158 e. The highest BCUT2D eigenvalue weighted by Gasteiger charge is 2.15. The molecule has 0 saturated carbocycles. The first-order valence-electron chi connectivity index (χ1n) is 6.53. The van der Waals surface area contributed by atoms with Gasteiger partial charge in [0, 0.05) is 0 Å². The molecule has 0 amide bonds. The summed E-state index contributed by atoms with van der Waals surface area (Å²) in [5.41, 5.74) is 0.655. The summed E-state index contributed by atoms with van der Waals surface area (Å²) in [6.07, 6.45) is 5.78. The number of phenols is 1. The van der Waals surface area contributed by atoms with Crippen molar-refractivity contribution in [1.82, 2.24) is 15.1 Å². The second kappa shape index (κ2) is 5.32. The van der Waals surface area contributed by atoms with Crippen molar-refractivity contribution in [2.75, 3.05) is 13.1 Å². The summed E-state index contributed by atoms with van der Waals surface area (Å²) in [6, 6.07) is 7.11. The van der Waals surface area contributed by atoms with Gasteiger partial charge in [-0.05, 0) is 38.1 Å². The summed E-state index contributed by atoms with van der Waals surface area (Å²) in [6.45, 7) is 2.00. The van der Waals surface area contributed by atoms with Gasteiger partial charge in [-0.25, -0.2) is 4.68 Å². The van der Waals surface area contributed by atoms with Gasteiger partial charge in [0.2, 0.25) is 0 Å². The Bertz CT molecular complexity index is 547. The zero-order chi connectivity index (χ0) is 13.1. The number of hydrogen-bond donors (Lipinski definition) is 2. The van der Waals surface area contributed by atoms with Crippen molar-refractivity contribution in [1.29, 1.82) is 0 Å². The molecule has 5 nitrogen and oxygen atoms in total. The second-order valence-electron chi connectivity index (χ2n) is 4.68. The van der Waals surface area contributed by atoms with Gasteiger partial charge in [-0.15, -0.1) is 0 Å². The van der Waals surface area contributed by atoms with E-state index in [-0.39, 0.29) is 11.9 Å². The predicted octanol–water partition coefficient (Wildman–Crippen LogP) is 1.71. The van der Waals surface area contributed by atoms with Crippen LogP contribution >= 0.6 is 0 Å². The van der Waals surface area contributed by atoms with Gasteiger partial charge in [0.05, 0.1) is 12.4 Å². The maximum atomic E-state index is 9.78. The Morgan fingerprint density at radius 3 is 2.84 bits per heavy atom. The van der Waals surface area contributed by atoms with Gasteiger partial charge >= 0.3 is 0 Å². The minimum atomic E-state index is 0.207. The largest absolute Gasteiger partial charge is 0.506 e. The number of aromatic nitrogens is 2. The molecular weight excluding hydrogens is 242 g/mol. The Morgan fingerprint density at radius 2 is 2.05 bits per heavy atom. The molecule has 0 bridgehead atoms. The van der Waals surface area contributed by atoms with Crippen molar-refractivity contribution < 1.29 is 9.84 Å². The van der Waals surface area contributed by atoms with Gasteiger partial charge in [0.1, 0.15) is 17.5 Å². The van der Waals surface area contributed by atoms with Crippen molar-refractivity contribution in [3.8, 4) is 17.2 Å². The summed E-state index contributed by atoms with van der Waals surface area (Å²) in [5, 5.41) is 17.3. The molecule has 1 aliphatic heterocycles. The molecule has 2 N–H and O–H groups in total. The van der Waals surface area contributed by atoms with Crippen molar-refractivity contribution in [3.63, 3.8) is 0 Å². The molecule has 100 valence electrons. The lowest BCUT2D eigenvalue weighted by molar-refractivity contribution is 0.162. The summed E-state index contributed by atoms with van der Waals surface area (Å²) < 4.78 is 7.52. The fourth-order valence-electron chi connectivity index (χ4n) is 2.26. The predicted molar refractivity (Wildman–Crippen MR) is 71.7 cm³/mol. The summed E-state index contributed by atoms with van der Waals surface area (Å²) in [5.74, 6) is 0.953. The van der Waals surface area contributed by atoms with Crippen LogP contribution < -0.4 is 10.1 Å². The van der Waals surface area contributed by atoms with Crippen LogP contribution in [0.15, 0.2) is 36.7 Å². The van der Waals surface area contributed by atoms with E-state index in [9.17, 15) is 5.11 Å². The number of phenolic OH excluding ortho intramolecular Hbond substituents is 1. The van der Waals surface area contributed by atoms with Crippen molar-refractivity contribution in [2.24, 2.45) is 0 Å². The number of aromatic hydroxyl groups is 1. The van der Waals surface area contributed by atoms with Gasteiger partial charge in [-0.1, -0.05) is 12.1 Å². The molecule has 1 aromatic carbocycles. The van der Waals surface area contributed by atoms with Crippen LogP contribution in [-0.4, -0.2) is 34.1 Å². The molecule has 1 aliphatic rings. The molecule has 3 rings (SSSR count). The molecule has 1 aromatic heterocycles. The van der Waals surface area contributed by atoms with Gasteiger partial charge in [-0.2, -0.15) is 5.10 Å². The van der Waals surface area contributed by atoms with E-state index in [2.05, 4.69) is 10.4 Å². The Labute approximate surface area is 111 Å². The van der Waals surface area contributed by atoms with Crippen LogP contribution in [0, 0.1) is 0 Å². The minimum absolute atomic E-state index is 0.207. The SMILES string of the molecule is Oc1ccccc1-n1cc(OC2CCNCC2)cn1. The third-order valence-corrected chi connectivity index (χ3v) is 3.28. The van der Waals surface area contributed by atoms with E-state index in [4.69, 9.17) is 4.74 Å². The van der Waals surface area contributed by atoms with E-state index >= 15 is 0 Å². The lowest BCUT2D eigenvalue weighted by atomic mass is 10.1. The number of nitrogens with one attached hydrogen (secondary N) is 1. The van der Waals surface area contributed by atoms with Gasteiger partial charge in [0.25, 0.3) is 0 Å². The molecule has 0 radical (unpaired) electrons. The summed E-state index contributed by atoms with van der Waals surface area (Å²) in [4.78, 5) is 0. The van der Waals surface area contributed by atoms with E-state index in [1.807, 2.05) is 12.1 Å². The zero-order valence-electron chi connectivity index (χ0n) is 10.6. The Morgan fingerprint density at radius 1 is 1.26 bits per heavy atom. The first-order chi connectivity index (χ1) is 9.33. The van der Waals surface area contributed by atoms with Crippen LogP contribution in [0.5, 0.6) is 11.5 Å². The average molecular weight is 259 g/mol. The molecule has 1 saturated heterocycles. The third-order valence-electron chi connectivity index (χ3n) is 3.28. The summed E-state index contributed by atoms with van der Waals surface area (Å²) >= 11 is 0. The number of rotatable bonds is 3. The molecule has 1 fully saturated rings. The maximum absolute atomic E-state index is 9.78. The van der Waals surface area contributed by atoms with Crippen LogP contribution in [0.2, 0.25) is 0 Å². The number of nitrogens with zero attached hydrogens (tertiary/aromatic N) is 2. The molecule has 0 spiro atoms. The van der Waals surface area contributed by atoms with Gasteiger partial charge in [-0.3, -0.25) is 0 Å². The van der Waals surface area contributed by atoms with Crippen molar-refractivity contribution >= 4 is 0 Å². The number of hydrogen-bond acceptors (Lipinski definition) is 4. The summed E-state index contributed by atoms with van der Waals surface area (Å²) in [7, 11) is 0. The van der Waals surface area contributed by atoms with Crippen LogP contribution in [0.4, 0.5) is 0 Å². The molecule has 0 unspecified atom stereocenters. The average Bonchev–Trinajstić information content (AvgIpc) is 2.89. The second-order valence-corrected chi connectivity index (χ2v) is 4.68. The topological polar surface area (TPSA) is 59.3 Å². The van der Waals surface area contributed by atoms with Crippen LogP contribution in [0.3, 0.4) is 0 Å². The van der Waals surface area contributed by atoms with Crippen molar-refractivity contribution in [2.45, 2.75) is 18.9 Å². The fraction of sp³-hybridized carbons (Fsp3) is 0.357. The first kappa shape index (κ1) is 12.0. The Hall–Kier alpha value is -2.01. The van der Waals surface area contributed by atoms with Gasteiger partial charge in [0.15, 0.2) is 5.75 Å². The van der Waals surface area contributed by atoms with E-state index in [0.717, 1.165) is 31.7 Å². The highest BCUT2D eigenvalue weighted by Crippen LogP contribution is 2.23. The number of para-hydroxylation sites is 2. The third kappa shape index (κ3) is 2.71. The minimum Gasteiger partial charge on any atom is -0.506 e. The number of ether oxygens (including phenoxy) is 1. The molecule has 19 heavy (non-hydrogen) atoms. The highest BCUT2D eigenvalue weighted by molar-refractivity contribution is 5.45. The molecule has 0 atom stereocenters. The number of benzene rings is 1. The lowest BCUT2D eigenvalue weighted by Gasteiger charge is -2.22. The van der Waals surface area contributed by atoms with Gasteiger partial charge < -0.3 is 15.2 Å². The van der Waals surface area contributed by atoms with Crippen LogP contribution in [-0.2, 0) is 0 Å².